The number of piperidine rings is 1. The SMILES string of the molecule is Nc1cccc(CN2CCCCC2C(=O)Nc2cc(Cl)ccc2Cl)c1. The van der Waals surface area contributed by atoms with E-state index in [1.54, 1.807) is 18.2 Å². The Bertz CT molecular complexity index is 766. The van der Waals surface area contributed by atoms with Crippen molar-refractivity contribution in [1.82, 2.24) is 4.90 Å². The van der Waals surface area contributed by atoms with Crippen LogP contribution in [0.15, 0.2) is 42.5 Å². The molecule has 3 rings (SSSR count). The Kier molecular flexibility index (Phi) is 5.84. The molecule has 1 unspecified atom stereocenters. The van der Waals surface area contributed by atoms with Crippen LogP contribution >= 0.6 is 23.2 Å². The molecule has 0 radical (unpaired) electrons. The fourth-order valence-electron chi connectivity index (χ4n) is 3.21. The van der Waals surface area contributed by atoms with Gasteiger partial charge in [0, 0.05) is 17.3 Å². The summed E-state index contributed by atoms with van der Waals surface area (Å²) in [6.45, 7) is 1.59. The second-order valence-electron chi connectivity index (χ2n) is 6.34. The van der Waals surface area contributed by atoms with Crippen LogP contribution in [0, 0.1) is 0 Å². The molecule has 0 aliphatic carbocycles. The maximum Gasteiger partial charge on any atom is 0.241 e. The second kappa shape index (κ2) is 8.09. The molecular weight excluding hydrogens is 357 g/mol. The van der Waals surface area contributed by atoms with Gasteiger partial charge in [0.1, 0.15) is 0 Å². The number of halogens is 2. The number of rotatable bonds is 4. The van der Waals surface area contributed by atoms with Crippen molar-refractivity contribution in [2.75, 3.05) is 17.6 Å². The van der Waals surface area contributed by atoms with Gasteiger partial charge in [0.15, 0.2) is 0 Å². The second-order valence-corrected chi connectivity index (χ2v) is 7.18. The molecule has 1 aliphatic heterocycles. The molecule has 25 heavy (non-hydrogen) atoms. The van der Waals surface area contributed by atoms with Gasteiger partial charge < -0.3 is 11.1 Å². The highest BCUT2D eigenvalue weighted by atomic mass is 35.5. The fraction of sp³-hybridized carbons (Fsp3) is 0.316. The zero-order valence-electron chi connectivity index (χ0n) is 13.8. The van der Waals surface area contributed by atoms with Gasteiger partial charge >= 0.3 is 0 Å². The minimum atomic E-state index is -0.190. The van der Waals surface area contributed by atoms with E-state index in [1.165, 1.54) is 0 Å². The van der Waals surface area contributed by atoms with E-state index in [0.29, 0.717) is 22.3 Å². The molecule has 6 heteroatoms. The summed E-state index contributed by atoms with van der Waals surface area (Å²) in [5, 5.41) is 3.95. The Morgan fingerprint density at radius 2 is 2.04 bits per heavy atom. The normalized spacial score (nSPS) is 18.1. The van der Waals surface area contributed by atoms with Crippen LogP contribution in [0.1, 0.15) is 24.8 Å². The Labute approximate surface area is 157 Å². The number of benzene rings is 2. The number of carbonyl (C=O) groups is 1. The number of likely N-dealkylation sites (tertiary alicyclic amines) is 1. The van der Waals surface area contributed by atoms with Crippen molar-refractivity contribution in [3.05, 3.63) is 58.1 Å². The van der Waals surface area contributed by atoms with E-state index in [4.69, 9.17) is 28.9 Å². The van der Waals surface area contributed by atoms with E-state index < -0.39 is 0 Å². The van der Waals surface area contributed by atoms with E-state index >= 15 is 0 Å². The first-order chi connectivity index (χ1) is 12.0. The molecule has 1 fully saturated rings. The zero-order valence-corrected chi connectivity index (χ0v) is 15.4. The predicted octanol–water partition coefficient (Wildman–Crippen LogP) is 4.57. The molecule has 0 aromatic heterocycles. The van der Waals surface area contributed by atoms with Crippen molar-refractivity contribution in [3.63, 3.8) is 0 Å². The number of anilines is 2. The van der Waals surface area contributed by atoms with Crippen LogP contribution in [0.5, 0.6) is 0 Å². The first-order valence-corrected chi connectivity index (χ1v) is 9.13. The summed E-state index contributed by atoms with van der Waals surface area (Å²) in [7, 11) is 0. The van der Waals surface area contributed by atoms with E-state index in [-0.39, 0.29) is 11.9 Å². The Morgan fingerprint density at radius 1 is 1.20 bits per heavy atom. The molecule has 2 aromatic carbocycles. The number of amides is 1. The third-order valence-corrected chi connectivity index (χ3v) is 5.00. The molecule has 2 aromatic rings. The summed E-state index contributed by atoms with van der Waals surface area (Å²) < 4.78 is 0. The van der Waals surface area contributed by atoms with Crippen molar-refractivity contribution in [1.29, 1.82) is 0 Å². The van der Waals surface area contributed by atoms with Gasteiger partial charge in [0.25, 0.3) is 0 Å². The van der Waals surface area contributed by atoms with Crippen LogP contribution in [0.2, 0.25) is 10.0 Å². The van der Waals surface area contributed by atoms with Gasteiger partial charge in [-0.3, -0.25) is 9.69 Å². The number of hydrogen-bond acceptors (Lipinski definition) is 3. The van der Waals surface area contributed by atoms with Gasteiger partial charge in [-0.05, 0) is 55.3 Å². The van der Waals surface area contributed by atoms with Gasteiger partial charge in [-0.25, -0.2) is 0 Å². The van der Waals surface area contributed by atoms with Crippen LogP contribution in [-0.4, -0.2) is 23.4 Å². The number of nitrogens with one attached hydrogen (secondary N) is 1. The van der Waals surface area contributed by atoms with Gasteiger partial charge in [-0.2, -0.15) is 0 Å². The van der Waals surface area contributed by atoms with Crippen LogP contribution in [0.25, 0.3) is 0 Å². The van der Waals surface area contributed by atoms with Gasteiger partial charge in [0.2, 0.25) is 5.91 Å². The average Bonchev–Trinajstić information content (AvgIpc) is 2.58. The number of nitrogens with zero attached hydrogens (tertiary/aromatic N) is 1. The summed E-state index contributed by atoms with van der Waals surface area (Å²) in [6, 6.07) is 12.7. The van der Waals surface area contributed by atoms with Crippen LogP contribution in [0.3, 0.4) is 0 Å². The fourth-order valence-corrected chi connectivity index (χ4v) is 3.55. The number of carbonyl (C=O) groups excluding carboxylic acids is 1. The highest BCUT2D eigenvalue weighted by molar-refractivity contribution is 6.35. The minimum absolute atomic E-state index is 0.0484. The van der Waals surface area contributed by atoms with Crippen molar-refractivity contribution >= 4 is 40.5 Å². The van der Waals surface area contributed by atoms with Crippen molar-refractivity contribution in [2.24, 2.45) is 0 Å². The highest BCUT2D eigenvalue weighted by Gasteiger charge is 2.29. The lowest BCUT2D eigenvalue weighted by molar-refractivity contribution is -0.122. The summed E-state index contributed by atoms with van der Waals surface area (Å²) in [5.74, 6) is -0.0484. The summed E-state index contributed by atoms with van der Waals surface area (Å²) in [4.78, 5) is 15.0. The topological polar surface area (TPSA) is 58.4 Å². The molecule has 1 saturated heterocycles. The molecule has 1 heterocycles. The standard InChI is InChI=1S/C19H21Cl2N3O/c20-14-7-8-16(21)17(11-14)23-19(25)18-6-1-2-9-24(18)12-13-4-3-5-15(22)10-13/h3-5,7-8,10-11,18H,1-2,6,9,12,22H2,(H,23,25). The lowest BCUT2D eigenvalue weighted by Crippen LogP contribution is -2.46. The smallest absolute Gasteiger partial charge is 0.241 e. The van der Waals surface area contributed by atoms with Crippen molar-refractivity contribution < 1.29 is 4.79 Å². The molecule has 0 saturated carbocycles. The quantitative estimate of drug-likeness (QED) is 0.767. The van der Waals surface area contributed by atoms with Crippen LogP contribution in [0.4, 0.5) is 11.4 Å². The van der Waals surface area contributed by atoms with Crippen LogP contribution < -0.4 is 11.1 Å². The minimum Gasteiger partial charge on any atom is -0.399 e. The van der Waals surface area contributed by atoms with Gasteiger partial charge in [-0.1, -0.05) is 41.8 Å². The Hall–Kier alpha value is -1.75. The Morgan fingerprint density at radius 3 is 2.84 bits per heavy atom. The monoisotopic (exact) mass is 377 g/mol. The van der Waals surface area contributed by atoms with E-state index in [0.717, 1.165) is 37.1 Å². The molecule has 4 nitrogen and oxygen atoms in total. The van der Waals surface area contributed by atoms with E-state index in [1.807, 2.05) is 24.3 Å². The van der Waals surface area contributed by atoms with E-state index in [2.05, 4.69) is 10.2 Å². The predicted molar refractivity (Wildman–Crippen MR) is 104 cm³/mol. The summed E-state index contributed by atoms with van der Waals surface area (Å²) in [5.41, 5.74) is 8.26. The molecule has 132 valence electrons. The maximum atomic E-state index is 12.8. The zero-order chi connectivity index (χ0) is 17.8. The van der Waals surface area contributed by atoms with Crippen LogP contribution in [-0.2, 0) is 11.3 Å². The highest BCUT2D eigenvalue weighted by Crippen LogP contribution is 2.27. The maximum absolute atomic E-state index is 12.8. The lowest BCUT2D eigenvalue weighted by atomic mass is 10.00. The van der Waals surface area contributed by atoms with Gasteiger partial charge in [-0.15, -0.1) is 0 Å². The Balaban J connectivity index is 1.73. The van der Waals surface area contributed by atoms with Crippen molar-refractivity contribution in [3.8, 4) is 0 Å². The van der Waals surface area contributed by atoms with Gasteiger partial charge in [0.05, 0.1) is 16.8 Å². The summed E-state index contributed by atoms with van der Waals surface area (Å²) in [6.07, 6.45) is 2.95. The number of nitrogens with two attached hydrogens (primary N) is 1. The average molecular weight is 378 g/mol. The number of nitrogen functional groups attached to an aromatic ring is 1. The lowest BCUT2D eigenvalue weighted by Gasteiger charge is -2.34. The third kappa shape index (κ3) is 4.66. The molecule has 3 N–H and O–H groups in total. The largest absolute Gasteiger partial charge is 0.399 e. The van der Waals surface area contributed by atoms with Crippen molar-refractivity contribution in [2.45, 2.75) is 31.8 Å². The molecule has 1 amide bonds. The molecule has 1 aliphatic rings. The first-order valence-electron chi connectivity index (χ1n) is 8.37. The molecular formula is C19H21Cl2N3O. The number of hydrogen-bond donors (Lipinski definition) is 2. The molecule has 0 bridgehead atoms. The first kappa shape index (κ1) is 18.1. The summed E-state index contributed by atoms with van der Waals surface area (Å²) >= 11 is 12.2. The third-order valence-electron chi connectivity index (χ3n) is 4.44. The molecule has 1 atom stereocenters. The van der Waals surface area contributed by atoms with E-state index in [9.17, 15) is 4.79 Å². The molecule has 0 spiro atoms.